The van der Waals surface area contributed by atoms with Crippen molar-refractivity contribution in [1.82, 2.24) is 29.2 Å². The third kappa shape index (κ3) is 15.7. The maximum Gasteiger partial charge on any atom is 0.410 e. The number of carbonyl (C=O) groups excluding carboxylic acids is 3. The maximum absolute atomic E-state index is 13.5. The molecule has 18 nitrogen and oxygen atoms in total. The van der Waals surface area contributed by atoms with E-state index in [0.29, 0.717) is 92.6 Å². The molecule has 12 rings (SSSR count). The van der Waals surface area contributed by atoms with Crippen molar-refractivity contribution in [3.63, 3.8) is 0 Å². The molecule has 2 saturated heterocycles. The van der Waals surface area contributed by atoms with Gasteiger partial charge in [0.15, 0.2) is 23.0 Å². The Morgan fingerprint density at radius 1 is 0.528 bits per heavy atom. The molecule has 0 radical (unpaired) electrons. The van der Waals surface area contributed by atoms with Crippen molar-refractivity contribution in [2.24, 2.45) is 0 Å². The molecule has 2 aromatic heterocycles. The molecule has 8 aromatic rings. The number of anilines is 2. The van der Waals surface area contributed by atoms with Crippen LogP contribution in [0.4, 0.5) is 16.2 Å². The quantitative estimate of drug-likeness (QED) is 0.0830. The third-order valence-corrected chi connectivity index (χ3v) is 16.7. The molecular formula is C71H80N8O10. The number of aryl methyl sites for hydroxylation is 2. The van der Waals surface area contributed by atoms with E-state index < -0.39 is 5.60 Å². The van der Waals surface area contributed by atoms with Gasteiger partial charge in [-0.15, -0.1) is 0 Å². The van der Waals surface area contributed by atoms with Gasteiger partial charge in [-0.05, 0) is 156 Å². The summed E-state index contributed by atoms with van der Waals surface area (Å²) in [7, 11) is 0. The number of ether oxygens (including phenoxy) is 5. The standard InChI is InChI=1S/C38H44N4O6.C33H36N4O4/c1-26-10-12-30-31(36(44)39-28-8-6-5-7-9-28)24-35(43)41(32(30)22-26)19-18-40-16-14-29(15-17-40)42(37(45)48-38(2,3)4)25-27-11-13-33-34(23-27)47-21-20-46-33;1-23-7-9-27-28(33(39)35-26-5-3-2-4-6-26)21-32(38)37(29(27)19-23)16-15-36-13-11-25(12-14-36)34-22-24-8-10-30-31(20-24)41-18-17-40-30/h5-13,22-24,29H,14-21,25H2,1-4H3,(H,39,44);2-10,19-21,25,34H,11-18,22H2,1H3,(H,35,39). The molecule has 0 unspecified atom stereocenters. The van der Waals surface area contributed by atoms with E-state index in [4.69, 9.17) is 23.7 Å². The number of hydrogen-bond donors (Lipinski definition) is 3. The van der Waals surface area contributed by atoms with Crippen LogP contribution in [0.15, 0.2) is 155 Å². The molecule has 0 spiro atoms. The number of benzene rings is 6. The van der Waals surface area contributed by atoms with Crippen molar-refractivity contribution >= 4 is 51.1 Å². The van der Waals surface area contributed by atoms with Crippen LogP contribution in [-0.4, -0.2) is 125 Å². The molecule has 6 heterocycles. The van der Waals surface area contributed by atoms with Gasteiger partial charge in [0.2, 0.25) is 0 Å². The van der Waals surface area contributed by atoms with Crippen LogP contribution in [0.5, 0.6) is 23.0 Å². The molecule has 6 aromatic carbocycles. The Kier molecular flexibility index (Phi) is 19.4. The molecule has 0 atom stereocenters. The number of carbonyl (C=O) groups is 3. The van der Waals surface area contributed by atoms with Crippen LogP contribution in [-0.2, 0) is 30.9 Å². The highest BCUT2D eigenvalue weighted by atomic mass is 16.6. The number of nitrogens with zero attached hydrogens (tertiary/aromatic N) is 5. The van der Waals surface area contributed by atoms with Gasteiger partial charge in [-0.25, -0.2) is 4.79 Å². The van der Waals surface area contributed by atoms with Gasteiger partial charge in [0.05, 0.1) is 22.2 Å². The van der Waals surface area contributed by atoms with Gasteiger partial charge in [-0.3, -0.25) is 19.2 Å². The van der Waals surface area contributed by atoms with Gasteiger partial charge < -0.3 is 63.5 Å². The minimum absolute atomic E-state index is 0.00193. The normalized spacial score (nSPS) is 15.4. The largest absolute Gasteiger partial charge is 0.486 e. The number of hydrogen-bond acceptors (Lipinski definition) is 13. The molecule has 0 saturated carbocycles. The maximum atomic E-state index is 13.5. The molecule has 4 aliphatic rings. The lowest BCUT2D eigenvalue weighted by atomic mass is 10.0. The van der Waals surface area contributed by atoms with Crippen molar-refractivity contribution in [3.05, 3.63) is 200 Å². The smallest absolute Gasteiger partial charge is 0.410 e. The van der Waals surface area contributed by atoms with Crippen LogP contribution in [0.25, 0.3) is 21.8 Å². The fourth-order valence-corrected chi connectivity index (χ4v) is 12.1. The lowest BCUT2D eigenvalue weighted by Gasteiger charge is -2.39. The number of likely N-dealkylation sites (tertiary alicyclic amines) is 2. The SMILES string of the molecule is Cc1ccc2c(C(=O)Nc3ccccc3)cc(=O)n(CCN3CCC(N(Cc4ccc5c(c4)OCCO5)C(=O)OC(C)(C)C)CC3)c2c1.Cc1ccc2c(C(=O)Nc3ccccc3)cc(=O)n(CCN3CCC(NCc4ccc5c(c4)OCCO5)CC3)c2c1. The molecule has 464 valence electrons. The van der Waals surface area contributed by atoms with Gasteiger partial charge in [0, 0.05) is 98.7 Å². The summed E-state index contributed by atoms with van der Waals surface area (Å²) in [5.74, 6) is 2.47. The second-order valence-electron chi connectivity index (χ2n) is 24.4. The molecule has 3 amide bonds. The van der Waals surface area contributed by atoms with E-state index in [1.54, 1.807) is 4.57 Å². The molecular weight excluding hydrogens is 1120 g/mol. The topological polar surface area (TPSA) is 187 Å². The van der Waals surface area contributed by atoms with Crippen LogP contribution in [0.2, 0.25) is 0 Å². The summed E-state index contributed by atoms with van der Waals surface area (Å²) in [5, 5.41) is 11.0. The second kappa shape index (κ2) is 28.0. The molecule has 18 heteroatoms. The van der Waals surface area contributed by atoms with Crippen molar-refractivity contribution in [2.75, 3.05) is 76.3 Å². The average molecular weight is 1210 g/mol. The number of piperidine rings is 2. The van der Waals surface area contributed by atoms with E-state index in [9.17, 15) is 24.0 Å². The van der Waals surface area contributed by atoms with E-state index in [1.165, 1.54) is 17.7 Å². The zero-order valence-electron chi connectivity index (χ0n) is 51.6. The molecule has 0 bridgehead atoms. The lowest BCUT2D eigenvalue weighted by Crippen LogP contribution is -2.49. The molecule has 2 fully saturated rings. The van der Waals surface area contributed by atoms with E-state index in [2.05, 4.69) is 37.9 Å². The van der Waals surface area contributed by atoms with Crippen LogP contribution < -0.4 is 46.0 Å². The van der Waals surface area contributed by atoms with Crippen molar-refractivity contribution < 1.29 is 38.1 Å². The van der Waals surface area contributed by atoms with Gasteiger partial charge in [-0.1, -0.05) is 72.8 Å². The first kappa shape index (κ1) is 61.7. The number of amides is 3. The first-order chi connectivity index (χ1) is 43.1. The average Bonchev–Trinajstić information content (AvgIpc) is 2.53. The molecule has 89 heavy (non-hydrogen) atoms. The van der Waals surface area contributed by atoms with E-state index >= 15 is 0 Å². The lowest BCUT2D eigenvalue weighted by molar-refractivity contribution is 0.00560. The predicted octanol–water partition coefficient (Wildman–Crippen LogP) is 10.8. The number of nitrogens with one attached hydrogen (secondary N) is 3. The highest BCUT2D eigenvalue weighted by molar-refractivity contribution is 6.13. The minimum Gasteiger partial charge on any atom is -0.486 e. The first-order valence-corrected chi connectivity index (χ1v) is 31.0. The zero-order valence-corrected chi connectivity index (χ0v) is 51.6. The summed E-state index contributed by atoms with van der Waals surface area (Å²) < 4.78 is 32.2. The summed E-state index contributed by atoms with van der Waals surface area (Å²) >= 11 is 0. The Morgan fingerprint density at radius 2 is 0.978 bits per heavy atom. The Hall–Kier alpha value is -8.97. The van der Waals surface area contributed by atoms with E-state index in [-0.39, 0.29) is 35.1 Å². The van der Waals surface area contributed by atoms with Crippen LogP contribution in [0.1, 0.15) is 89.4 Å². The first-order valence-electron chi connectivity index (χ1n) is 31.0. The molecule has 0 aliphatic carbocycles. The molecule has 4 aliphatic heterocycles. The third-order valence-electron chi connectivity index (χ3n) is 16.7. The van der Waals surface area contributed by atoms with Crippen LogP contribution in [0.3, 0.4) is 0 Å². The summed E-state index contributed by atoms with van der Waals surface area (Å²) in [4.78, 5) is 73.2. The number of aromatic nitrogens is 2. The predicted molar refractivity (Wildman–Crippen MR) is 347 cm³/mol. The van der Waals surface area contributed by atoms with Gasteiger partial charge in [-0.2, -0.15) is 0 Å². The summed E-state index contributed by atoms with van der Waals surface area (Å²) in [6, 6.07) is 45.7. The van der Waals surface area contributed by atoms with Crippen LogP contribution in [0, 0.1) is 13.8 Å². The summed E-state index contributed by atoms with van der Waals surface area (Å²) in [6.07, 6.45) is 3.32. The Bertz CT molecular complexity index is 3940. The fraction of sp³-hybridized carbons (Fsp3) is 0.366. The molecule has 3 N–H and O–H groups in total. The summed E-state index contributed by atoms with van der Waals surface area (Å²) in [6.45, 7) is 19.1. The van der Waals surface area contributed by atoms with Gasteiger partial charge >= 0.3 is 6.09 Å². The van der Waals surface area contributed by atoms with E-state index in [1.807, 2.05) is 165 Å². The van der Waals surface area contributed by atoms with E-state index in [0.717, 1.165) is 115 Å². The van der Waals surface area contributed by atoms with Crippen molar-refractivity contribution in [3.8, 4) is 23.0 Å². The Morgan fingerprint density at radius 3 is 1.46 bits per heavy atom. The zero-order chi connectivity index (χ0) is 62.0. The highest BCUT2D eigenvalue weighted by Gasteiger charge is 2.32. The van der Waals surface area contributed by atoms with Gasteiger partial charge in [0.25, 0.3) is 22.9 Å². The highest BCUT2D eigenvalue weighted by Crippen LogP contribution is 2.34. The Balaban J connectivity index is 0.000000186. The number of fused-ring (bicyclic) bond motifs is 4. The minimum atomic E-state index is -0.616. The Labute approximate surface area is 519 Å². The monoisotopic (exact) mass is 1200 g/mol. The number of para-hydroxylation sites is 2. The number of pyridine rings is 2. The van der Waals surface area contributed by atoms with Crippen molar-refractivity contribution in [2.45, 2.75) is 104 Å². The fourth-order valence-electron chi connectivity index (χ4n) is 12.1. The summed E-state index contributed by atoms with van der Waals surface area (Å²) in [5.41, 5.74) is 6.90. The van der Waals surface area contributed by atoms with Gasteiger partial charge in [0.1, 0.15) is 32.0 Å². The van der Waals surface area contributed by atoms with Crippen molar-refractivity contribution in [1.29, 1.82) is 0 Å². The second-order valence-corrected chi connectivity index (χ2v) is 24.4. The number of rotatable bonds is 16. The van der Waals surface area contributed by atoms with Crippen LogP contribution >= 0.6 is 0 Å².